The number of nitrogens with zero attached hydrogens (tertiary/aromatic N) is 8. The van der Waals surface area contributed by atoms with Crippen LogP contribution in [0, 0.1) is 11.5 Å². The number of piperidine rings is 1. The van der Waals surface area contributed by atoms with E-state index >= 15 is 0 Å². The van der Waals surface area contributed by atoms with Gasteiger partial charge in [0.2, 0.25) is 12.2 Å². The number of hydrogen-bond donors (Lipinski definition) is 1. The molecule has 2 aromatic heterocycles. The highest BCUT2D eigenvalue weighted by atomic mass is 16.2. The lowest BCUT2D eigenvalue weighted by atomic mass is 10.0. The molecule has 10 nitrogen and oxygen atoms in total. The van der Waals surface area contributed by atoms with Gasteiger partial charge in [0.05, 0.1) is 12.7 Å². The van der Waals surface area contributed by atoms with Crippen molar-refractivity contribution >= 4 is 11.9 Å². The fraction of sp³-hybridized carbons (Fsp3) is 0.276. The average molecular weight is 522 g/mol. The normalized spacial score (nSPS) is 14.2. The minimum Gasteiger partial charge on any atom is -0.352 e. The van der Waals surface area contributed by atoms with Crippen LogP contribution in [-0.4, -0.2) is 66.4 Å². The maximum Gasteiger partial charge on any atom is 0.253 e. The second-order valence-electron chi connectivity index (χ2n) is 9.41. The Morgan fingerprint density at radius 1 is 1.00 bits per heavy atom. The van der Waals surface area contributed by atoms with E-state index in [1.165, 1.54) is 0 Å². The maximum atomic E-state index is 13.1. The van der Waals surface area contributed by atoms with Crippen LogP contribution in [-0.2, 0) is 6.54 Å². The third-order valence-electron chi connectivity index (χ3n) is 6.98. The summed E-state index contributed by atoms with van der Waals surface area (Å²) < 4.78 is 3.86. The first kappa shape index (κ1) is 25.7. The number of guanidine groups is 1. The van der Waals surface area contributed by atoms with Gasteiger partial charge < -0.3 is 24.3 Å². The van der Waals surface area contributed by atoms with E-state index in [-0.39, 0.29) is 11.9 Å². The molecule has 39 heavy (non-hydrogen) atoms. The molecule has 198 valence electrons. The first-order valence-corrected chi connectivity index (χ1v) is 13.1. The molecule has 1 amide bonds. The lowest BCUT2D eigenvalue weighted by Gasteiger charge is -2.35. The molecule has 4 aromatic rings. The van der Waals surface area contributed by atoms with Gasteiger partial charge in [-0.25, -0.2) is 9.97 Å². The van der Waals surface area contributed by atoms with Gasteiger partial charge in [-0.3, -0.25) is 4.79 Å². The number of benzene rings is 2. The van der Waals surface area contributed by atoms with Crippen molar-refractivity contribution in [3.63, 3.8) is 0 Å². The van der Waals surface area contributed by atoms with E-state index in [9.17, 15) is 10.1 Å². The molecule has 0 saturated carbocycles. The molecule has 2 aromatic carbocycles. The highest BCUT2D eigenvalue weighted by Gasteiger charge is 2.25. The number of hydrogen-bond acceptors (Lipinski definition) is 5. The van der Waals surface area contributed by atoms with Crippen LogP contribution >= 0.6 is 0 Å². The van der Waals surface area contributed by atoms with Crippen molar-refractivity contribution in [2.24, 2.45) is 4.99 Å². The van der Waals surface area contributed by atoms with Crippen molar-refractivity contribution in [2.75, 3.05) is 19.6 Å². The summed E-state index contributed by atoms with van der Waals surface area (Å²) in [6.45, 7) is 4.65. The summed E-state index contributed by atoms with van der Waals surface area (Å²) in [5.41, 5.74) is 3.80. The Morgan fingerprint density at radius 3 is 2.10 bits per heavy atom. The van der Waals surface area contributed by atoms with Crippen LogP contribution in [0.3, 0.4) is 0 Å². The number of nitrogens with one attached hydrogen (secondary N) is 1. The summed E-state index contributed by atoms with van der Waals surface area (Å²) in [6.07, 6.45) is 14.3. The lowest BCUT2D eigenvalue weighted by Crippen LogP contribution is -2.50. The summed E-state index contributed by atoms with van der Waals surface area (Å²) in [5.74, 6) is 0.601. The Hall–Kier alpha value is -4.91. The largest absolute Gasteiger partial charge is 0.352 e. The lowest BCUT2D eigenvalue weighted by molar-refractivity contribution is 0.0709. The van der Waals surface area contributed by atoms with Gasteiger partial charge >= 0.3 is 0 Å². The Labute approximate surface area is 227 Å². The van der Waals surface area contributed by atoms with Crippen molar-refractivity contribution in [2.45, 2.75) is 32.4 Å². The zero-order chi connectivity index (χ0) is 27.0. The van der Waals surface area contributed by atoms with Crippen molar-refractivity contribution in [1.82, 2.24) is 34.2 Å². The SMILES string of the molecule is CCN(Cc1ccc(-n2ccnc2)cc1)/C(=N\C#N)NC1CCN(C(=O)c2ccc(-n3ccnc3)cc2)CC1. The van der Waals surface area contributed by atoms with Crippen LogP contribution in [0.1, 0.15) is 35.7 Å². The molecule has 0 spiro atoms. The molecular formula is C29H31N9O. The number of carbonyl (C=O) groups is 1. The van der Waals surface area contributed by atoms with Gasteiger partial charge in [0.1, 0.15) is 0 Å². The minimum absolute atomic E-state index is 0.0332. The van der Waals surface area contributed by atoms with Crippen LogP contribution in [0.2, 0.25) is 0 Å². The number of rotatable bonds is 7. The summed E-state index contributed by atoms with van der Waals surface area (Å²) in [4.78, 5) is 29.3. The third kappa shape index (κ3) is 6.15. The molecule has 1 aliphatic rings. The first-order valence-electron chi connectivity index (χ1n) is 13.1. The van der Waals surface area contributed by atoms with Gasteiger partial charge in [0, 0.05) is 73.9 Å². The van der Waals surface area contributed by atoms with E-state index in [2.05, 4.69) is 49.4 Å². The number of aliphatic imine (C=N–C) groups is 1. The van der Waals surface area contributed by atoms with Crippen molar-refractivity contribution in [3.05, 3.63) is 97.1 Å². The molecule has 0 unspecified atom stereocenters. The van der Waals surface area contributed by atoms with Crippen LogP contribution in [0.15, 0.2) is 91.0 Å². The minimum atomic E-state index is 0.0332. The van der Waals surface area contributed by atoms with E-state index in [0.29, 0.717) is 37.7 Å². The molecule has 0 bridgehead atoms. The summed E-state index contributed by atoms with van der Waals surface area (Å²) in [7, 11) is 0. The molecule has 1 aliphatic heterocycles. The molecule has 1 fully saturated rings. The van der Waals surface area contributed by atoms with Gasteiger partial charge in [-0.1, -0.05) is 12.1 Å². The summed E-state index contributed by atoms with van der Waals surface area (Å²) in [6, 6.07) is 16.0. The van der Waals surface area contributed by atoms with Crippen molar-refractivity contribution < 1.29 is 4.79 Å². The Bertz CT molecular complexity index is 1410. The van der Waals surface area contributed by atoms with Crippen LogP contribution in [0.4, 0.5) is 0 Å². The van der Waals surface area contributed by atoms with Crippen molar-refractivity contribution in [1.29, 1.82) is 5.26 Å². The number of carbonyl (C=O) groups excluding carboxylic acids is 1. The number of amides is 1. The van der Waals surface area contributed by atoms with E-state index in [4.69, 9.17) is 0 Å². The third-order valence-corrected chi connectivity index (χ3v) is 6.98. The highest BCUT2D eigenvalue weighted by Crippen LogP contribution is 2.17. The maximum absolute atomic E-state index is 13.1. The van der Waals surface area contributed by atoms with Crippen LogP contribution < -0.4 is 5.32 Å². The van der Waals surface area contributed by atoms with Gasteiger partial charge in [-0.15, -0.1) is 4.99 Å². The standard InChI is InChI=1S/C29H31N9O/c1-2-35(19-23-3-7-26(8-4-23)37-17-13-31-21-37)29(33-20-30)34-25-11-15-36(16-12-25)28(39)24-5-9-27(10-6-24)38-18-14-32-22-38/h3-10,13-14,17-18,21-22,25H,2,11-12,15-16,19H2,1H3,(H,33,34). The Kier molecular flexibility index (Phi) is 7.98. The molecule has 1 saturated heterocycles. The fourth-order valence-corrected chi connectivity index (χ4v) is 4.76. The summed E-state index contributed by atoms with van der Waals surface area (Å²) in [5, 5.41) is 12.8. The van der Waals surface area contributed by atoms with Gasteiger partial charge in [0.25, 0.3) is 5.91 Å². The predicted octanol–water partition coefficient (Wildman–Crippen LogP) is 3.61. The Morgan fingerprint density at radius 2 is 1.59 bits per heavy atom. The van der Waals surface area contributed by atoms with Gasteiger partial charge in [0.15, 0.2) is 0 Å². The highest BCUT2D eigenvalue weighted by molar-refractivity contribution is 5.94. The zero-order valence-electron chi connectivity index (χ0n) is 21.9. The number of aromatic nitrogens is 4. The van der Waals surface area contributed by atoms with Crippen LogP contribution in [0.5, 0.6) is 0 Å². The van der Waals surface area contributed by atoms with E-state index in [1.54, 1.807) is 25.0 Å². The molecule has 1 N–H and O–H groups in total. The monoisotopic (exact) mass is 521 g/mol. The molecule has 0 aliphatic carbocycles. The van der Waals surface area contributed by atoms with E-state index < -0.39 is 0 Å². The molecule has 10 heteroatoms. The molecular weight excluding hydrogens is 490 g/mol. The number of imidazole rings is 2. The average Bonchev–Trinajstić information content (AvgIpc) is 3.72. The van der Waals surface area contributed by atoms with E-state index in [1.807, 2.05) is 63.8 Å². The smallest absolute Gasteiger partial charge is 0.253 e. The first-order chi connectivity index (χ1) is 19.1. The molecule has 5 rings (SSSR count). The quantitative estimate of drug-likeness (QED) is 0.226. The number of nitriles is 1. The zero-order valence-corrected chi connectivity index (χ0v) is 21.9. The van der Waals surface area contributed by atoms with Gasteiger partial charge in [-0.05, 0) is 61.7 Å². The number of likely N-dealkylation sites (tertiary alicyclic amines) is 1. The summed E-state index contributed by atoms with van der Waals surface area (Å²) >= 11 is 0. The molecule has 3 heterocycles. The molecule has 0 atom stereocenters. The van der Waals surface area contributed by atoms with Crippen molar-refractivity contribution in [3.8, 4) is 17.6 Å². The van der Waals surface area contributed by atoms with Crippen LogP contribution in [0.25, 0.3) is 11.4 Å². The Balaban J connectivity index is 1.16. The second kappa shape index (κ2) is 12.1. The second-order valence-corrected chi connectivity index (χ2v) is 9.41. The molecule has 0 radical (unpaired) electrons. The van der Waals surface area contributed by atoms with Gasteiger partial charge in [-0.2, -0.15) is 5.26 Å². The topological polar surface area (TPSA) is 107 Å². The van der Waals surface area contributed by atoms with E-state index in [0.717, 1.165) is 29.8 Å². The fourth-order valence-electron chi connectivity index (χ4n) is 4.76. The predicted molar refractivity (Wildman–Crippen MR) is 148 cm³/mol.